The van der Waals surface area contributed by atoms with Crippen LogP contribution in [0.5, 0.6) is 6.01 Å². The fourth-order valence-electron chi connectivity index (χ4n) is 1.18. The number of ether oxygens (including phenoxy) is 2. The predicted octanol–water partition coefficient (Wildman–Crippen LogP) is 1.46. The molecule has 0 fully saturated rings. The van der Waals surface area contributed by atoms with Gasteiger partial charge < -0.3 is 9.47 Å². The van der Waals surface area contributed by atoms with Gasteiger partial charge in [-0.25, -0.2) is 0 Å². The lowest BCUT2D eigenvalue weighted by Crippen LogP contribution is -2.06. The summed E-state index contributed by atoms with van der Waals surface area (Å²) in [6.45, 7) is 0.971. The van der Waals surface area contributed by atoms with Gasteiger partial charge in [-0.15, -0.1) is 0 Å². The molecule has 0 bridgehead atoms. The molecule has 0 amide bonds. The van der Waals surface area contributed by atoms with E-state index in [1.165, 1.54) is 0 Å². The molecule has 4 nitrogen and oxygen atoms in total. The van der Waals surface area contributed by atoms with Crippen molar-refractivity contribution in [3.63, 3.8) is 0 Å². The van der Waals surface area contributed by atoms with Crippen molar-refractivity contribution in [2.75, 3.05) is 20.3 Å². The Balaban J connectivity index is 2.16. The molecule has 1 radical (unpaired) electrons. The van der Waals surface area contributed by atoms with Crippen molar-refractivity contribution in [3.8, 4) is 6.01 Å². The number of hydrogen-bond donors (Lipinski definition) is 0. The van der Waals surface area contributed by atoms with Gasteiger partial charge in [-0.1, -0.05) is 18.2 Å². The first-order chi connectivity index (χ1) is 7.40. The number of hydrogen-bond acceptors (Lipinski definition) is 4. The minimum Gasteiger partial charge on any atom is -0.461 e. The van der Waals surface area contributed by atoms with Crippen molar-refractivity contribution in [2.24, 2.45) is 0 Å². The largest absolute Gasteiger partial charge is 0.461 e. The molecule has 4 heteroatoms. The standard InChI is InChI=1S/C11H11N2O2/c1-14-6-7-15-11-12-8-9-4-2-3-5-10(9)13-11/h2-5H,6-7H2,1H3. The molecule has 0 spiro atoms. The number of para-hydroxylation sites is 1. The minimum absolute atomic E-state index is 0.339. The third-order valence-electron chi connectivity index (χ3n) is 1.91. The van der Waals surface area contributed by atoms with Gasteiger partial charge in [0.2, 0.25) is 0 Å². The maximum Gasteiger partial charge on any atom is 0.317 e. The molecule has 0 saturated heterocycles. The summed E-state index contributed by atoms with van der Waals surface area (Å²) in [7, 11) is 1.62. The van der Waals surface area contributed by atoms with Gasteiger partial charge in [-0.05, 0) is 6.07 Å². The Bertz CT molecular complexity index is 445. The van der Waals surface area contributed by atoms with E-state index in [9.17, 15) is 0 Å². The average molecular weight is 203 g/mol. The highest BCUT2D eigenvalue weighted by Crippen LogP contribution is 2.11. The Kier molecular flexibility index (Phi) is 3.09. The summed E-state index contributed by atoms with van der Waals surface area (Å²) in [5.41, 5.74) is 0.833. The van der Waals surface area contributed by atoms with Crippen molar-refractivity contribution < 1.29 is 9.47 Å². The molecule has 0 aliphatic rings. The highest BCUT2D eigenvalue weighted by Gasteiger charge is 1.99. The second-order valence-electron chi connectivity index (χ2n) is 2.98. The zero-order valence-electron chi connectivity index (χ0n) is 8.43. The van der Waals surface area contributed by atoms with Crippen molar-refractivity contribution in [1.29, 1.82) is 0 Å². The van der Waals surface area contributed by atoms with Crippen LogP contribution in [0.25, 0.3) is 10.9 Å². The number of aromatic nitrogens is 2. The van der Waals surface area contributed by atoms with Gasteiger partial charge >= 0.3 is 6.01 Å². The normalized spacial score (nSPS) is 10.5. The Hall–Kier alpha value is -1.68. The monoisotopic (exact) mass is 203 g/mol. The first-order valence-corrected chi connectivity index (χ1v) is 4.66. The van der Waals surface area contributed by atoms with Crippen LogP contribution in [0, 0.1) is 6.20 Å². The SMILES string of the molecule is COCCOc1n[c]c2ccccc2n1. The zero-order valence-corrected chi connectivity index (χ0v) is 8.43. The van der Waals surface area contributed by atoms with Crippen molar-refractivity contribution in [3.05, 3.63) is 30.5 Å². The summed E-state index contributed by atoms with van der Waals surface area (Å²) in [4.78, 5) is 8.19. The van der Waals surface area contributed by atoms with Gasteiger partial charge in [0, 0.05) is 12.5 Å². The van der Waals surface area contributed by atoms with Gasteiger partial charge in [0.25, 0.3) is 0 Å². The van der Waals surface area contributed by atoms with Crippen LogP contribution >= 0.6 is 0 Å². The first kappa shape index (κ1) is 9.86. The molecule has 0 unspecified atom stereocenters. The number of rotatable bonds is 4. The molecule has 15 heavy (non-hydrogen) atoms. The lowest BCUT2D eigenvalue weighted by atomic mass is 10.2. The van der Waals surface area contributed by atoms with Crippen LogP contribution in [0.3, 0.4) is 0 Å². The average Bonchev–Trinajstić information content (AvgIpc) is 2.29. The third kappa shape index (κ3) is 2.41. The van der Waals surface area contributed by atoms with E-state index in [2.05, 4.69) is 16.2 Å². The molecule has 77 valence electrons. The lowest BCUT2D eigenvalue weighted by molar-refractivity contribution is 0.141. The van der Waals surface area contributed by atoms with Crippen LogP contribution in [0.2, 0.25) is 0 Å². The summed E-state index contributed by atoms with van der Waals surface area (Å²) in [6, 6.07) is 7.99. The highest BCUT2D eigenvalue weighted by atomic mass is 16.5. The summed E-state index contributed by atoms with van der Waals surface area (Å²) < 4.78 is 10.1. The highest BCUT2D eigenvalue weighted by molar-refractivity contribution is 5.76. The van der Waals surface area contributed by atoms with E-state index in [0.29, 0.717) is 19.2 Å². The van der Waals surface area contributed by atoms with Crippen LogP contribution in [0.1, 0.15) is 0 Å². The van der Waals surface area contributed by atoms with Crippen LogP contribution in [0.4, 0.5) is 0 Å². The topological polar surface area (TPSA) is 44.2 Å². The number of nitrogens with zero attached hydrogens (tertiary/aromatic N) is 2. The molecule has 0 aliphatic carbocycles. The molecule has 1 aromatic heterocycles. The van der Waals surface area contributed by atoms with Crippen molar-refractivity contribution in [1.82, 2.24) is 9.97 Å². The number of methoxy groups -OCH3 is 1. The third-order valence-corrected chi connectivity index (χ3v) is 1.91. The summed E-state index contributed by atoms with van der Waals surface area (Å²) in [6.07, 6.45) is 2.87. The van der Waals surface area contributed by atoms with Crippen LogP contribution in [0.15, 0.2) is 24.3 Å². The molecule has 0 saturated carbocycles. The van der Waals surface area contributed by atoms with Gasteiger partial charge in [-0.3, -0.25) is 0 Å². The fraction of sp³-hybridized carbons (Fsp3) is 0.273. The molecule has 0 N–H and O–H groups in total. The molecule has 1 heterocycles. The Morgan fingerprint density at radius 3 is 3.00 bits per heavy atom. The smallest absolute Gasteiger partial charge is 0.317 e. The molecule has 1 aromatic carbocycles. The fourth-order valence-corrected chi connectivity index (χ4v) is 1.18. The first-order valence-electron chi connectivity index (χ1n) is 4.66. The van der Waals surface area contributed by atoms with E-state index < -0.39 is 0 Å². The molecule has 2 rings (SSSR count). The van der Waals surface area contributed by atoms with E-state index in [0.717, 1.165) is 10.9 Å². The van der Waals surface area contributed by atoms with E-state index in [1.54, 1.807) is 7.11 Å². The second kappa shape index (κ2) is 4.70. The van der Waals surface area contributed by atoms with E-state index >= 15 is 0 Å². The molecule has 2 aromatic rings. The van der Waals surface area contributed by atoms with E-state index in [4.69, 9.17) is 9.47 Å². The van der Waals surface area contributed by atoms with E-state index in [-0.39, 0.29) is 0 Å². The van der Waals surface area contributed by atoms with Crippen LogP contribution in [-0.4, -0.2) is 30.3 Å². The minimum atomic E-state index is 0.339. The Morgan fingerprint density at radius 2 is 2.13 bits per heavy atom. The molecular formula is C11H11N2O2. The van der Waals surface area contributed by atoms with Gasteiger partial charge in [0.1, 0.15) is 12.8 Å². The number of fused-ring (bicyclic) bond motifs is 1. The Morgan fingerprint density at radius 1 is 1.27 bits per heavy atom. The Labute approximate surface area is 87.9 Å². The van der Waals surface area contributed by atoms with Gasteiger partial charge in [0.15, 0.2) is 0 Å². The summed E-state index contributed by atoms with van der Waals surface area (Å²) in [5, 5.41) is 0.886. The quantitative estimate of drug-likeness (QED) is 0.705. The van der Waals surface area contributed by atoms with Crippen LogP contribution < -0.4 is 4.74 Å². The lowest BCUT2D eigenvalue weighted by Gasteiger charge is -2.03. The summed E-state index contributed by atoms with van der Waals surface area (Å²) >= 11 is 0. The van der Waals surface area contributed by atoms with Gasteiger partial charge in [0.05, 0.1) is 12.1 Å². The zero-order chi connectivity index (χ0) is 10.5. The predicted molar refractivity (Wildman–Crippen MR) is 55.7 cm³/mol. The number of benzene rings is 1. The molecule has 0 aliphatic heterocycles. The maximum absolute atomic E-state index is 5.28. The maximum atomic E-state index is 5.28. The molecular weight excluding hydrogens is 192 g/mol. The van der Waals surface area contributed by atoms with Crippen molar-refractivity contribution in [2.45, 2.75) is 0 Å². The van der Waals surface area contributed by atoms with Crippen LogP contribution in [-0.2, 0) is 4.74 Å². The van der Waals surface area contributed by atoms with E-state index in [1.807, 2.05) is 24.3 Å². The second-order valence-corrected chi connectivity index (χ2v) is 2.98. The molecule has 0 atom stereocenters. The van der Waals surface area contributed by atoms with Gasteiger partial charge in [-0.2, -0.15) is 9.97 Å². The summed E-state index contributed by atoms with van der Waals surface area (Å²) in [5.74, 6) is 0. The van der Waals surface area contributed by atoms with Crippen molar-refractivity contribution >= 4 is 10.9 Å².